The van der Waals surface area contributed by atoms with Crippen LogP contribution >= 0.6 is 77.1 Å². The van der Waals surface area contributed by atoms with E-state index < -0.39 is 25.6 Å². The van der Waals surface area contributed by atoms with Crippen LogP contribution in [0.5, 0.6) is 0 Å². The number of carbonyl (C=O) groups is 2. The van der Waals surface area contributed by atoms with Gasteiger partial charge in [-0.3, -0.25) is 19.2 Å². The van der Waals surface area contributed by atoms with Gasteiger partial charge in [0.15, 0.2) is 11.6 Å². The molecule has 2 fully saturated rings. The number of hydrogen-bond donors (Lipinski definition) is 1. The number of nitrogens with zero attached hydrogens (tertiary/aromatic N) is 5. The van der Waals surface area contributed by atoms with E-state index in [-0.39, 0.29) is 69.1 Å². The Morgan fingerprint density at radius 3 is 1.46 bits per heavy atom. The molecule has 0 bridgehead atoms. The van der Waals surface area contributed by atoms with Crippen molar-refractivity contribution in [1.29, 1.82) is 0 Å². The Labute approximate surface area is 468 Å². The van der Waals surface area contributed by atoms with E-state index in [4.69, 9.17) is 0 Å². The molecule has 0 amide bonds. The van der Waals surface area contributed by atoms with E-state index in [1.165, 1.54) is 69.5 Å². The molecule has 14 nitrogen and oxygen atoms in total. The molecule has 6 heterocycles. The molecular weight excluding hydrogens is 1480 g/mol. The van der Waals surface area contributed by atoms with Crippen LogP contribution in [-0.2, 0) is 39.7 Å². The molecule has 0 spiro atoms. The largest absolute Gasteiger partial charge is 0.328 e. The van der Waals surface area contributed by atoms with Crippen LogP contribution in [0.2, 0.25) is 0 Å². The number of aromatic amines is 1. The molecule has 1 N–H and O–H groups in total. The second kappa shape index (κ2) is 28.3. The normalized spacial score (nSPS) is 13.8. The van der Waals surface area contributed by atoms with Gasteiger partial charge in [-0.25, -0.2) is 25.6 Å². The molecule has 4 aromatic heterocycles. The SMILES string of the molecule is Cc1cc(C(=O)CBr)c(C)n1Cc1ccc(F)cc1.Cc1cc(C(=O)Cn2cc(S(=O)(=O)N3CCCC3)ccc2=O)c(C)n1Cc1ccc(F)cc1.I.I[I-]I.O=c1ccc(S(=O)(=O)N2CCCC2)c[nH]1. The van der Waals surface area contributed by atoms with Gasteiger partial charge in [-0.05, 0) is 113 Å². The van der Waals surface area contributed by atoms with Crippen LogP contribution < -0.4 is 24.4 Å². The van der Waals surface area contributed by atoms with Crippen molar-refractivity contribution in [2.75, 3.05) is 31.5 Å². The molecule has 0 unspecified atom stereocenters. The fourth-order valence-corrected chi connectivity index (χ4v) is 11.3. The fourth-order valence-electron chi connectivity index (χ4n) is 8.01. The molecule has 0 atom stereocenters. The Morgan fingerprint density at radius 2 is 1.06 bits per heavy atom. The van der Waals surface area contributed by atoms with E-state index in [1.54, 1.807) is 30.3 Å². The number of ketones is 2. The van der Waals surface area contributed by atoms with Gasteiger partial charge in [-0.1, -0.05) is 40.2 Å². The summed E-state index contributed by atoms with van der Waals surface area (Å²) in [5.74, 6) is -0.750. The minimum atomic E-state index is -3.70. The summed E-state index contributed by atoms with van der Waals surface area (Å²) in [6, 6.07) is 21.3. The first-order valence-corrected chi connectivity index (χ1v) is 38.5. The van der Waals surface area contributed by atoms with Crippen LogP contribution in [0.25, 0.3) is 0 Å². The minimum Gasteiger partial charge on any atom is -0.328 e. The van der Waals surface area contributed by atoms with Crippen molar-refractivity contribution in [3.63, 3.8) is 0 Å². The maximum absolute atomic E-state index is 13.2. The van der Waals surface area contributed by atoms with E-state index in [2.05, 4.69) is 62.7 Å². The van der Waals surface area contributed by atoms with Crippen molar-refractivity contribution in [1.82, 2.24) is 27.3 Å². The first-order valence-electron chi connectivity index (χ1n) is 21.9. The predicted molar refractivity (Wildman–Crippen MR) is 298 cm³/mol. The third-order valence-corrected chi connectivity index (χ3v) is 16.1. The summed E-state index contributed by atoms with van der Waals surface area (Å²) in [4.78, 5) is 50.6. The van der Waals surface area contributed by atoms with E-state index in [9.17, 15) is 44.8 Å². The van der Waals surface area contributed by atoms with Gasteiger partial charge in [0, 0.05) is 97.7 Å². The van der Waals surface area contributed by atoms with Crippen LogP contribution in [0.4, 0.5) is 8.78 Å². The van der Waals surface area contributed by atoms with E-state index in [0.717, 1.165) is 69.7 Å². The van der Waals surface area contributed by atoms with Crippen molar-refractivity contribution >= 4 is 109 Å². The zero-order valence-electron chi connectivity index (χ0n) is 39.2. The van der Waals surface area contributed by atoms with Gasteiger partial charge in [-0.15, -0.1) is 24.0 Å². The zero-order valence-corrected chi connectivity index (χ0v) is 51.2. The van der Waals surface area contributed by atoms with Gasteiger partial charge < -0.3 is 18.7 Å². The van der Waals surface area contributed by atoms with Crippen molar-refractivity contribution in [2.24, 2.45) is 0 Å². The summed E-state index contributed by atoms with van der Waals surface area (Å²) in [6.45, 7) is 10.5. The Hall–Kier alpha value is -2.68. The average Bonchev–Trinajstić information content (AvgIpc) is 4.18. The molecule has 71 heavy (non-hydrogen) atoms. The molecule has 2 saturated heterocycles. The topological polar surface area (TPSA) is 174 Å². The summed E-state index contributed by atoms with van der Waals surface area (Å²) >= 11 is 8.49. The maximum Gasteiger partial charge on any atom is 0.247 e. The Kier molecular flexibility index (Phi) is 24.2. The molecule has 2 aliphatic rings. The number of halogens is 7. The van der Waals surface area contributed by atoms with Crippen molar-refractivity contribution in [2.45, 2.75) is 82.8 Å². The number of hydrogen-bond acceptors (Lipinski definition) is 8. The van der Waals surface area contributed by atoms with Crippen LogP contribution in [0.1, 0.15) is 80.3 Å². The summed E-state index contributed by atoms with van der Waals surface area (Å²) in [7, 11) is -7.09. The molecule has 6 aromatic rings. The van der Waals surface area contributed by atoms with Gasteiger partial charge in [0.1, 0.15) is 11.6 Å². The Balaban J connectivity index is 0.000000244. The van der Waals surface area contributed by atoms with Crippen molar-refractivity contribution in [3.05, 3.63) is 175 Å². The first kappa shape index (κ1) is 60.9. The van der Waals surface area contributed by atoms with Gasteiger partial charge in [0.25, 0.3) is 5.56 Å². The fraction of sp³-hybridized carbons (Fsp3) is 0.333. The standard InChI is InChI=1S/C24H26FN3O4S.C15H15BrFNO.C9H12N2O3S.I3.HI/c1-17-13-22(18(2)28(17)14-19-5-7-20(25)8-6-19)23(29)16-26-15-21(9-10-24(26)30)33(31,32)27-11-3-4-12-27;1-10-7-14(15(19)8-16)11(2)18(10)9-12-3-5-13(17)6-4-12;12-9-4-3-8(7-10-9)15(13,14)11-5-1-2-6-11;1-3-2;/h5-10,13,15H,3-4,11-12,14,16H2,1-2H3;3-7H,8-9H2,1-2H3;3-4,7H,1-2,5-6H2,(H,10,12);;1H/q;;;-1;. The summed E-state index contributed by atoms with van der Waals surface area (Å²) < 4.78 is 83.7. The molecule has 23 heteroatoms. The van der Waals surface area contributed by atoms with Crippen LogP contribution in [0.15, 0.2) is 117 Å². The first-order chi connectivity index (χ1) is 33.2. The van der Waals surface area contributed by atoms with E-state index >= 15 is 0 Å². The zero-order chi connectivity index (χ0) is 51.3. The maximum atomic E-state index is 13.2. The number of rotatable bonds is 13. The van der Waals surface area contributed by atoms with Crippen LogP contribution in [-0.4, -0.2) is 87.2 Å². The predicted octanol–water partition coefficient (Wildman–Crippen LogP) is 6.54. The molecule has 8 rings (SSSR count). The van der Waals surface area contributed by atoms with Gasteiger partial charge in [0.2, 0.25) is 25.6 Å². The molecule has 0 radical (unpaired) electrons. The number of pyridine rings is 2. The number of alkyl halides is 1. The van der Waals surface area contributed by atoms with Gasteiger partial charge >= 0.3 is 50.5 Å². The smallest absolute Gasteiger partial charge is 0.247 e. The summed E-state index contributed by atoms with van der Waals surface area (Å²) in [5.41, 5.74) is 5.96. The molecule has 2 aliphatic heterocycles. The monoisotopic (exact) mass is 1530 g/mol. The number of aromatic nitrogens is 4. The number of benzene rings is 2. The van der Waals surface area contributed by atoms with E-state index in [1.807, 2.05) is 38.3 Å². The molecule has 0 saturated carbocycles. The Bertz CT molecular complexity index is 3100. The second-order valence-electron chi connectivity index (χ2n) is 16.5. The number of sulfonamides is 2. The molecule has 386 valence electrons. The van der Waals surface area contributed by atoms with Gasteiger partial charge in [-0.2, -0.15) is 8.61 Å². The second-order valence-corrected chi connectivity index (χ2v) is 37.2. The molecule has 0 aliphatic carbocycles. The van der Waals surface area contributed by atoms with Crippen LogP contribution in [0.3, 0.4) is 0 Å². The number of H-pyrrole nitrogens is 1. The van der Waals surface area contributed by atoms with Crippen LogP contribution in [0, 0.1) is 39.3 Å². The van der Waals surface area contributed by atoms with Crippen molar-refractivity contribution < 1.29 is 48.5 Å². The number of aryl methyl sites for hydroxylation is 2. The Morgan fingerprint density at radius 1 is 0.648 bits per heavy atom. The van der Waals surface area contributed by atoms with Gasteiger partial charge in [0.05, 0.1) is 21.7 Å². The number of nitrogens with one attached hydrogen (secondary N) is 1. The summed E-state index contributed by atoms with van der Waals surface area (Å²) in [5, 5.41) is 0.327. The number of carbonyl (C=O) groups excluding carboxylic acids is 2. The molecular formula is C48H54BrF2I4N6O8S2-. The minimum absolute atomic E-state index is 0. The number of Topliss-reactive ketones (excluding diaryl/α,β-unsaturated/α-hetero) is 2. The van der Waals surface area contributed by atoms with E-state index in [0.29, 0.717) is 63.4 Å². The average molecular weight is 1530 g/mol. The third kappa shape index (κ3) is 16.4. The summed E-state index contributed by atoms with van der Waals surface area (Å²) in [6.07, 6.45) is 5.93. The quantitative estimate of drug-likeness (QED) is 0.0771. The molecule has 2 aromatic carbocycles. The van der Waals surface area contributed by atoms with Crippen molar-refractivity contribution in [3.8, 4) is 0 Å². The third-order valence-electron chi connectivity index (χ3n) is 11.8.